The second kappa shape index (κ2) is 4.03. The molecule has 0 amide bonds. The second-order valence-corrected chi connectivity index (χ2v) is 4.51. The molecule has 15 heavy (non-hydrogen) atoms. The van der Waals surface area contributed by atoms with Crippen LogP contribution in [-0.2, 0) is 0 Å². The number of allylic oxidation sites excluding steroid dienone is 4. The summed E-state index contributed by atoms with van der Waals surface area (Å²) in [5.41, 5.74) is 0.544. The van der Waals surface area contributed by atoms with E-state index in [1.807, 2.05) is 20.8 Å². The maximum Gasteiger partial charge on any atom is 0.416 e. The molecule has 0 saturated heterocycles. The maximum absolute atomic E-state index is 12.9. The summed E-state index contributed by atoms with van der Waals surface area (Å²) in [5, 5.41) is 0. The third kappa shape index (κ3) is 2.44. The molecule has 3 heteroatoms. The lowest BCUT2D eigenvalue weighted by Gasteiger charge is -2.29. The predicted molar refractivity (Wildman–Crippen MR) is 55.5 cm³/mol. The van der Waals surface area contributed by atoms with Crippen molar-refractivity contribution in [2.45, 2.75) is 40.3 Å². The molecular weight excluding hydrogens is 201 g/mol. The van der Waals surface area contributed by atoms with Crippen molar-refractivity contribution in [1.29, 1.82) is 0 Å². The molecule has 0 N–H and O–H groups in total. The van der Waals surface area contributed by atoms with Gasteiger partial charge in [-0.05, 0) is 30.8 Å². The Labute approximate surface area is 88.9 Å². The first kappa shape index (κ1) is 12.3. The lowest BCUT2D eigenvalue weighted by molar-refractivity contribution is -0.0913. The molecule has 0 aromatic rings. The van der Waals surface area contributed by atoms with Crippen molar-refractivity contribution < 1.29 is 13.2 Å². The van der Waals surface area contributed by atoms with Crippen LogP contribution in [0.15, 0.2) is 22.8 Å². The smallest absolute Gasteiger partial charge is 0.166 e. The Balaban J connectivity index is 3.31. The monoisotopic (exact) mass is 218 g/mol. The topological polar surface area (TPSA) is 0 Å². The Morgan fingerprint density at radius 3 is 2.20 bits per heavy atom. The Hall–Kier alpha value is -0.730. The van der Waals surface area contributed by atoms with E-state index in [1.165, 1.54) is 0 Å². The van der Waals surface area contributed by atoms with Gasteiger partial charge in [0.15, 0.2) is 0 Å². The van der Waals surface area contributed by atoms with Crippen LogP contribution in [0, 0.1) is 11.8 Å². The third-order valence-corrected chi connectivity index (χ3v) is 2.90. The molecular formula is C12H17F3. The number of hydrogen-bond acceptors (Lipinski definition) is 0. The Kier molecular flexibility index (Phi) is 3.31. The fourth-order valence-electron chi connectivity index (χ4n) is 2.30. The van der Waals surface area contributed by atoms with Crippen LogP contribution in [0.4, 0.5) is 13.2 Å². The lowest BCUT2D eigenvalue weighted by atomic mass is 9.79. The summed E-state index contributed by atoms with van der Waals surface area (Å²) < 4.78 is 38.6. The minimum atomic E-state index is -4.21. The zero-order valence-electron chi connectivity index (χ0n) is 9.57. The van der Waals surface area contributed by atoms with Gasteiger partial charge in [-0.2, -0.15) is 13.2 Å². The van der Waals surface area contributed by atoms with Gasteiger partial charge in [0.2, 0.25) is 0 Å². The van der Waals surface area contributed by atoms with Crippen LogP contribution >= 0.6 is 0 Å². The quantitative estimate of drug-likeness (QED) is 0.608. The number of alkyl halides is 3. The van der Waals surface area contributed by atoms with Crippen molar-refractivity contribution >= 4 is 0 Å². The van der Waals surface area contributed by atoms with Gasteiger partial charge in [0.05, 0.1) is 5.57 Å². The molecule has 1 aliphatic rings. The van der Waals surface area contributed by atoms with Gasteiger partial charge in [0.1, 0.15) is 0 Å². The molecule has 0 aromatic carbocycles. The summed E-state index contributed by atoms with van der Waals surface area (Å²) >= 11 is 0. The largest absolute Gasteiger partial charge is 0.416 e. The van der Waals surface area contributed by atoms with Crippen LogP contribution in [0.1, 0.15) is 34.1 Å². The summed E-state index contributed by atoms with van der Waals surface area (Å²) in [6, 6.07) is 0. The van der Waals surface area contributed by atoms with E-state index in [0.29, 0.717) is 11.1 Å². The fraction of sp³-hybridized carbons (Fsp3) is 0.667. The zero-order valence-corrected chi connectivity index (χ0v) is 9.57. The fourth-order valence-corrected chi connectivity index (χ4v) is 2.30. The van der Waals surface area contributed by atoms with Gasteiger partial charge in [0.25, 0.3) is 0 Å². The summed E-state index contributed by atoms with van der Waals surface area (Å²) in [6.45, 7) is 7.08. The molecule has 1 atom stereocenters. The van der Waals surface area contributed by atoms with Gasteiger partial charge >= 0.3 is 6.18 Å². The average molecular weight is 218 g/mol. The summed E-state index contributed by atoms with van der Waals surface area (Å²) in [7, 11) is 0. The summed E-state index contributed by atoms with van der Waals surface area (Å²) in [5.74, 6) is -0.0365. The van der Waals surface area contributed by atoms with Crippen LogP contribution in [0.3, 0.4) is 0 Å². The molecule has 0 radical (unpaired) electrons. The van der Waals surface area contributed by atoms with Gasteiger partial charge in [-0.3, -0.25) is 0 Å². The van der Waals surface area contributed by atoms with Crippen molar-refractivity contribution in [3.63, 3.8) is 0 Å². The minimum absolute atomic E-state index is 0.00493. The van der Waals surface area contributed by atoms with E-state index in [4.69, 9.17) is 0 Å². The molecule has 0 aromatic heterocycles. The first-order valence-corrected chi connectivity index (χ1v) is 5.23. The highest BCUT2D eigenvalue weighted by atomic mass is 19.4. The van der Waals surface area contributed by atoms with Crippen molar-refractivity contribution in [2.75, 3.05) is 0 Å². The molecule has 0 heterocycles. The van der Waals surface area contributed by atoms with Gasteiger partial charge in [-0.15, -0.1) is 0 Å². The highest BCUT2D eigenvalue weighted by molar-refractivity contribution is 5.42. The molecule has 0 fully saturated rings. The van der Waals surface area contributed by atoms with Crippen molar-refractivity contribution in [3.8, 4) is 0 Å². The van der Waals surface area contributed by atoms with E-state index < -0.39 is 11.7 Å². The van der Waals surface area contributed by atoms with Crippen LogP contribution in [0.5, 0.6) is 0 Å². The normalized spacial score (nSPS) is 23.5. The summed E-state index contributed by atoms with van der Waals surface area (Å²) in [6.07, 6.45) is -1.80. The zero-order chi connectivity index (χ0) is 11.8. The van der Waals surface area contributed by atoms with E-state index in [-0.39, 0.29) is 11.8 Å². The maximum atomic E-state index is 12.9. The molecule has 1 unspecified atom stereocenters. The summed E-state index contributed by atoms with van der Waals surface area (Å²) in [4.78, 5) is 0. The first-order valence-electron chi connectivity index (χ1n) is 5.23. The van der Waals surface area contributed by atoms with E-state index >= 15 is 0 Å². The Morgan fingerprint density at radius 1 is 1.33 bits per heavy atom. The number of hydrogen-bond donors (Lipinski definition) is 0. The highest BCUT2D eigenvalue weighted by Crippen LogP contribution is 2.42. The third-order valence-electron chi connectivity index (χ3n) is 2.90. The average Bonchev–Trinajstić information content (AvgIpc) is 2.05. The molecule has 0 nitrogen and oxygen atoms in total. The van der Waals surface area contributed by atoms with Crippen LogP contribution in [-0.4, -0.2) is 6.18 Å². The van der Waals surface area contributed by atoms with Gasteiger partial charge in [-0.25, -0.2) is 0 Å². The molecule has 0 spiro atoms. The van der Waals surface area contributed by atoms with Crippen LogP contribution in [0.25, 0.3) is 0 Å². The van der Waals surface area contributed by atoms with Crippen molar-refractivity contribution in [3.05, 3.63) is 22.8 Å². The van der Waals surface area contributed by atoms with E-state index in [2.05, 4.69) is 0 Å². The molecule has 0 aliphatic heterocycles. The molecule has 0 bridgehead atoms. The van der Waals surface area contributed by atoms with Gasteiger partial charge in [-0.1, -0.05) is 32.4 Å². The molecule has 86 valence electrons. The van der Waals surface area contributed by atoms with E-state index in [0.717, 1.165) is 6.42 Å². The predicted octanol–water partition coefficient (Wildman–Crippen LogP) is 4.49. The van der Waals surface area contributed by atoms with Crippen LogP contribution in [0.2, 0.25) is 0 Å². The Morgan fingerprint density at radius 2 is 1.87 bits per heavy atom. The van der Waals surface area contributed by atoms with E-state index in [1.54, 1.807) is 13.0 Å². The van der Waals surface area contributed by atoms with Crippen molar-refractivity contribution in [1.82, 2.24) is 0 Å². The van der Waals surface area contributed by atoms with Gasteiger partial charge < -0.3 is 0 Å². The van der Waals surface area contributed by atoms with E-state index in [9.17, 15) is 13.2 Å². The second-order valence-electron chi connectivity index (χ2n) is 4.51. The minimum Gasteiger partial charge on any atom is -0.166 e. The molecule has 1 rings (SSSR count). The number of rotatable bonds is 1. The van der Waals surface area contributed by atoms with Crippen LogP contribution < -0.4 is 0 Å². The lowest BCUT2D eigenvalue weighted by Crippen LogP contribution is -2.23. The first-order chi connectivity index (χ1) is 6.75. The SMILES string of the molecule is CC1=CCC(C)C(C(C)C)=C1C(F)(F)F. The molecule has 0 saturated carbocycles. The number of halogens is 3. The standard InChI is InChI=1S/C12H17F3/c1-7(2)10-8(3)5-6-9(4)11(10)12(13,14)15/h6-8H,5H2,1-4H3. The Bertz CT molecular complexity index is 305. The highest BCUT2D eigenvalue weighted by Gasteiger charge is 2.40. The van der Waals surface area contributed by atoms with Crippen molar-refractivity contribution in [2.24, 2.45) is 11.8 Å². The van der Waals surface area contributed by atoms with Gasteiger partial charge in [0, 0.05) is 0 Å². The molecule has 1 aliphatic carbocycles.